The Hall–Kier alpha value is -3.22. The molecule has 0 saturated carbocycles. The molecule has 3 aliphatic rings. The van der Waals surface area contributed by atoms with Crippen LogP contribution in [0.2, 0.25) is 0 Å². The predicted molar refractivity (Wildman–Crippen MR) is 103 cm³/mol. The number of fused-ring (bicyclic) bond motifs is 3. The molecule has 148 valence electrons. The van der Waals surface area contributed by atoms with Gasteiger partial charge in [-0.15, -0.1) is 0 Å². The second kappa shape index (κ2) is 6.99. The highest BCUT2D eigenvalue weighted by molar-refractivity contribution is 6.22. The van der Waals surface area contributed by atoms with E-state index >= 15 is 0 Å². The minimum Gasteiger partial charge on any atom is -0.474 e. The quantitative estimate of drug-likeness (QED) is 0.747. The minimum absolute atomic E-state index is 0.0192. The van der Waals surface area contributed by atoms with E-state index in [4.69, 9.17) is 4.74 Å². The number of rotatable bonds is 4. The molecule has 1 aromatic carbocycles. The van der Waals surface area contributed by atoms with E-state index in [-0.39, 0.29) is 42.5 Å². The van der Waals surface area contributed by atoms with Crippen molar-refractivity contribution in [2.24, 2.45) is 0 Å². The number of ether oxygens (including phenoxy) is 1. The summed E-state index contributed by atoms with van der Waals surface area (Å²) in [4.78, 5) is 45.3. The Morgan fingerprint density at radius 1 is 0.966 bits per heavy atom. The average molecular weight is 391 g/mol. The van der Waals surface area contributed by atoms with Gasteiger partial charge in [0, 0.05) is 37.2 Å². The first-order chi connectivity index (χ1) is 14.1. The Labute approximate surface area is 168 Å². The molecule has 7 nitrogen and oxygen atoms in total. The fourth-order valence-corrected chi connectivity index (χ4v) is 4.82. The molecule has 2 atom stereocenters. The van der Waals surface area contributed by atoms with Crippen LogP contribution >= 0.6 is 0 Å². The molecule has 2 aromatic rings. The first-order valence-corrected chi connectivity index (χ1v) is 9.96. The Kier molecular flexibility index (Phi) is 4.30. The van der Waals surface area contributed by atoms with Crippen LogP contribution in [-0.4, -0.2) is 57.2 Å². The number of benzene rings is 1. The molecule has 1 aromatic heterocycles. The highest BCUT2D eigenvalue weighted by atomic mass is 16.5. The van der Waals surface area contributed by atoms with Gasteiger partial charge in [0.15, 0.2) is 0 Å². The number of hydrogen-bond acceptors (Lipinski definition) is 5. The lowest BCUT2D eigenvalue weighted by Gasteiger charge is -2.39. The van der Waals surface area contributed by atoms with Crippen molar-refractivity contribution in [1.29, 1.82) is 0 Å². The maximum absolute atomic E-state index is 13.0. The topological polar surface area (TPSA) is 79.8 Å². The smallest absolute Gasteiger partial charge is 0.262 e. The van der Waals surface area contributed by atoms with Gasteiger partial charge in [-0.05, 0) is 31.0 Å². The first kappa shape index (κ1) is 17.8. The van der Waals surface area contributed by atoms with Crippen LogP contribution in [0.5, 0.6) is 5.88 Å². The monoisotopic (exact) mass is 391 g/mol. The van der Waals surface area contributed by atoms with E-state index in [1.807, 2.05) is 23.1 Å². The van der Waals surface area contributed by atoms with Crippen LogP contribution in [0.15, 0.2) is 48.7 Å². The van der Waals surface area contributed by atoms with Crippen LogP contribution in [0.1, 0.15) is 46.4 Å². The maximum Gasteiger partial charge on any atom is 0.262 e. The van der Waals surface area contributed by atoms with Crippen molar-refractivity contribution in [3.63, 3.8) is 0 Å². The van der Waals surface area contributed by atoms with Crippen LogP contribution < -0.4 is 4.74 Å². The molecule has 5 rings (SSSR count). The van der Waals surface area contributed by atoms with Gasteiger partial charge in [0.05, 0.1) is 11.1 Å². The van der Waals surface area contributed by atoms with Gasteiger partial charge >= 0.3 is 0 Å². The number of carbonyl (C=O) groups is 3. The molecule has 2 unspecified atom stereocenters. The van der Waals surface area contributed by atoms with E-state index in [1.165, 1.54) is 0 Å². The molecule has 0 aliphatic carbocycles. The molecule has 29 heavy (non-hydrogen) atoms. The molecular formula is C22H21N3O4. The zero-order chi connectivity index (χ0) is 20.0. The summed E-state index contributed by atoms with van der Waals surface area (Å²) < 4.78 is 6.01. The highest BCUT2D eigenvalue weighted by Gasteiger charge is 2.46. The summed E-state index contributed by atoms with van der Waals surface area (Å²) >= 11 is 0. The molecule has 0 radical (unpaired) electrons. The largest absolute Gasteiger partial charge is 0.474 e. The van der Waals surface area contributed by atoms with Crippen molar-refractivity contribution in [1.82, 2.24) is 14.8 Å². The van der Waals surface area contributed by atoms with Gasteiger partial charge in [-0.25, -0.2) is 4.98 Å². The molecule has 2 saturated heterocycles. The lowest BCUT2D eigenvalue weighted by Crippen LogP contribution is -2.52. The van der Waals surface area contributed by atoms with E-state index in [1.54, 1.807) is 30.5 Å². The second-order valence-corrected chi connectivity index (χ2v) is 7.81. The van der Waals surface area contributed by atoms with E-state index in [0.29, 0.717) is 17.0 Å². The molecule has 3 aliphatic heterocycles. The summed E-state index contributed by atoms with van der Waals surface area (Å²) in [5.41, 5.74) is 0.742. The van der Waals surface area contributed by atoms with Crippen LogP contribution in [0, 0.1) is 0 Å². The molecule has 0 N–H and O–H groups in total. The third kappa shape index (κ3) is 3.06. The zero-order valence-electron chi connectivity index (χ0n) is 15.9. The van der Waals surface area contributed by atoms with Crippen molar-refractivity contribution >= 4 is 17.7 Å². The standard InChI is InChI=1S/C22H21N3O4/c26-20(13-24-21(27)17-5-1-2-6-18(17)22(24)28)25-14-8-9-15(25)12-16(11-14)29-19-7-3-4-10-23-19/h1-7,10,14-16H,8-9,11-13H2. The van der Waals surface area contributed by atoms with Gasteiger partial charge in [-0.2, -0.15) is 0 Å². The fraction of sp³-hybridized carbons (Fsp3) is 0.364. The summed E-state index contributed by atoms with van der Waals surface area (Å²) in [6.07, 6.45) is 5.03. The Bertz CT molecular complexity index is 928. The van der Waals surface area contributed by atoms with Crippen LogP contribution in [0.25, 0.3) is 0 Å². The molecule has 7 heteroatoms. The Morgan fingerprint density at radius 2 is 1.59 bits per heavy atom. The van der Waals surface area contributed by atoms with Crippen molar-refractivity contribution in [2.45, 2.75) is 43.9 Å². The van der Waals surface area contributed by atoms with Crippen molar-refractivity contribution in [3.8, 4) is 5.88 Å². The number of hydrogen-bond donors (Lipinski definition) is 0. The number of pyridine rings is 1. The van der Waals surface area contributed by atoms with Crippen molar-refractivity contribution in [3.05, 3.63) is 59.8 Å². The predicted octanol–water partition coefficient (Wildman–Crippen LogP) is 2.28. The molecule has 2 bridgehead atoms. The van der Waals surface area contributed by atoms with E-state index in [0.717, 1.165) is 30.6 Å². The van der Waals surface area contributed by atoms with Crippen LogP contribution in [-0.2, 0) is 4.79 Å². The number of aromatic nitrogens is 1. The first-order valence-electron chi connectivity index (χ1n) is 9.96. The van der Waals surface area contributed by atoms with Crippen molar-refractivity contribution < 1.29 is 19.1 Å². The molecule has 3 amide bonds. The average Bonchev–Trinajstić information content (AvgIpc) is 3.14. The molecule has 0 spiro atoms. The van der Waals surface area contributed by atoms with Crippen molar-refractivity contribution in [2.75, 3.05) is 6.54 Å². The van der Waals surface area contributed by atoms with Gasteiger partial charge < -0.3 is 9.64 Å². The second-order valence-electron chi connectivity index (χ2n) is 7.81. The van der Waals surface area contributed by atoms with E-state index in [9.17, 15) is 14.4 Å². The maximum atomic E-state index is 13.0. The lowest BCUT2D eigenvalue weighted by atomic mass is 9.99. The van der Waals surface area contributed by atoms with Gasteiger partial charge in [-0.1, -0.05) is 18.2 Å². The summed E-state index contributed by atoms with van der Waals surface area (Å²) in [6.45, 7) is -0.203. The third-order valence-corrected chi connectivity index (χ3v) is 6.07. The SMILES string of the molecule is O=C1c2ccccc2C(=O)N1CC(=O)N1C2CCC1CC(Oc1ccccn1)C2. The lowest BCUT2D eigenvalue weighted by molar-refractivity contribution is -0.137. The summed E-state index contributed by atoms with van der Waals surface area (Å²) in [7, 11) is 0. The highest BCUT2D eigenvalue weighted by Crippen LogP contribution is 2.37. The molecular weight excluding hydrogens is 370 g/mol. The Morgan fingerprint density at radius 3 is 2.17 bits per heavy atom. The zero-order valence-corrected chi connectivity index (χ0v) is 15.9. The fourth-order valence-electron chi connectivity index (χ4n) is 4.82. The summed E-state index contributed by atoms with van der Waals surface area (Å²) in [5.74, 6) is -0.342. The summed E-state index contributed by atoms with van der Waals surface area (Å²) in [5, 5.41) is 0. The molecule has 2 fully saturated rings. The minimum atomic E-state index is -0.389. The van der Waals surface area contributed by atoms with Crippen LogP contribution in [0.3, 0.4) is 0 Å². The van der Waals surface area contributed by atoms with E-state index in [2.05, 4.69) is 4.98 Å². The van der Waals surface area contributed by atoms with Gasteiger partial charge in [0.25, 0.3) is 11.8 Å². The van der Waals surface area contributed by atoms with Gasteiger partial charge in [0.2, 0.25) is 11.8 Å². The number of piperidine rings is 1. The number of carbonyl (C=O) groups excluding carboxylic acids is 3. The number of nitrogens with zero attached hydrogens (tertiary/aromatic N) is 3. The van der Waals surface area contributed by atoms with E-state index < -0.39 is 0 Å². The number of amides is 3. The Balaban J connectivity index is 1.26. The van der Waals surface area contributed by atoms with Gasteiger partial charge in [0.1, 0.15) is 12.6 Å². The number of imide groups is 1. The molecule has 4 heterocycles. The van der Waals surface area contributed by atoms with Crippen LogP contribution in [0.4, 0.5) is 0 Å². The summed E-state index contributed by atoms with van der Waals surface area (Å²) in [6, 6.07) is 12.4. The normalized spacial score (nSPS) is 25.3. The van der Waals surface area contributed by atoms with Gasteiger partial charge in [-0.3, -0.25) is 19.3 Å². The third-order valence-electron chi connectivity index (χ3n) is 6.07.